The molecule has 1 aromatic rings. The summed E-state index contributed by atoms with van der Waals surface area (Å²) in [6.45, 7) is 2.63. The number of likely N-dealkylation sites (N-methyl/N-ethyl adjacent to an activating group) is 1. The lowest BCUT2D eigenvalue weighted by molar-refractivity contribution is -0.130. The molecular weight excluding hydrogens is 262 g/mol. The topological polar surface area (TPSA) is 49.6 Å². The predicted octanol–water partition coefficient (Wildman–Crippen LogP) is 1.50. The summed E-state index contributed by atoms with van der Waals surface area (Å²) in [5.74, 6) is 0.157. The van der Waals surface area contributed by atoms with Gasteiger partial charge in [0, 0.05) is 37.7 Å². The summed E-state index contributed by atoms with van der Waals surface area (Å²) in [5, 5.41) is 0.714. The van der Waals surface area contributed by atoms with Crippen LogP contribution in [0.25, 0.3) is 0 Å². The number of hydrogen-bond donors (Lipinski definition) is 1. The van der Waals surface area contributed by atoms with Gasteiger partial charge in [-0.2, -0.15) is 0 Å². The van der Waals surface area contributed by atoms with Crippen LogP contribution in [-0.2, 0) is 4.79 Å². The Kier molecular flexibility index (Phi) is 4.80. The van der Waals surface area contributed by atoms with E-state index in [1.54, 1.807) is 4.90 Å². The first-order chi connectivity index (χ1) is 9.11. The Hall–Kier alpha value is -1.10. The van der Waals surface area contributed by atoms with Gasteiger partial charge in [0.1, 0.15) is 0 Å². The number of nitrogens with two attached hydrogens (primary N) is 1. The highest BCUT2D eigenvalue weighted by Gasteiger charge is 2.25. The normalized spacial score (nSPS) is 19.3. The van der Waals surface area contributed by atoms with Gasteiger partial charge in [0.2, 0.25) is 5.91 Å². The molecule has 1 unspecified atom stereocenters. The average Bonchev–Trinajstić information content (AvgIpc) is 2.56. The number of hydrogen-bond acceptors (Lipinski definition) is 3. The van der Waals surface area contributed by atoms with E-state index in [1.165, 1.54) is 0 Å². The number of amides is 1. The standard InChI is InChI=1S/C14H20ClN3O/c1-17-7-2-8-18(10-14(17)19)13(9-16)11-3-5-12(15)6-4-11/h3-6,13H,2,7-10,16H2,1H3. The van der Waals surface area contributed by atoms with Gasteiger partial charge in [0.25, 0.3) is 0 Å². The van der Waals surface area contributed by atoms with Crippen LogP contribution in [0.4, 0.5) is 0 Å². The summed E-state index contributed by atoms with van der Waals surface area (Å²) in [7, 11) is 1.85. The van der Waals surface area contributed by atoms with E-state index in [0.717, 1.165) is 25.1 Å². The van der Waals surface area contributed by atoms with Crippen molar-refractivity contribution in [2.24, 2.45) is 5.73 Å². The molecule has 0 radical (unpaired) electrons. The molecule has 0 aromatic heterocycles. The molecule has 1 saturated heterocycles. The van der Waals surface area contributed by atoms with E-state index < -0.39 is 0 Å². The number of carbonyl (C=O) groups is 1. The van der Waals surface area contributed by atoms with Gasteiger partial charge in [-0.3, -0.25) is 9.69 Å². The van der Waals surface area contributed by atoms with Crippen LogP contribution in [0.3, 0.4) is 0 Å². The first-order valence-corrected chi connectivity index (χ1v) is 6.93. The fourth-order valence-electron chi connectivity index (χ4n) is 2.46. The van der Waals surface area contributed by atoms with Crippen molar-refractivity contribution in [3.8, 4) is 0 Å². The van der Waals surface area contributed by atoms with Crippen molar-refractivity contribution in [2.45, 2.75) is 12.5 Å². The van der Waals surface area contributed by atoms with E-state index in [0.29, 0.717) is 18.1 Å². The van der Waals surface area contributed by atoms with Crippen molar-refractivity contribution in [1.82, 2.24) is 9.80 Å². The van der Waals surface area contributed by atoms with Crippen molar-refractivity contribution < 1.29 is 4.79 Å². The van der Waals surface area contributed by atoms with Gasteiger partial charge in [-0.1, -0.05) is 23.7 Å². The number of halogens is 1. The molecule has 1 aliphatic rings. The van der Waals surface area contributed by atoms with Crippen LogP contribution in [0.2, 0.25) is 5.02 Å². The number of nitrogens with zero attached hydrogens (tertiary/aromatic N) is 2. The lowest BCUT2D eigenvalue weighted by Gasteiger charge is -2.29. The maximum absolute atomic E-state index is 12.0. The van der Waals surface area contributed by atoms with Crippen LogP contribution in [0, 0.1) is 0 Å². The van der Waals surface area contributed by atoms with Gasteiger partial charge >= 0.3 is 0 Å². The zero-order valence-corrected chi connectivity index (χ0v) is 11.9. The minimum absolute atomic E-state index is 0.0766. The van der Waals surface area contributed by atoms with E-state index in [-0.39, 0.29) is 11.9 Å². The summed E-state index contributed by atoms with van der Waals surface area (Å²) in [4.78, 5) is 15.9. The van der Waals surface area contributed by atoms with Crippen molar-refractivity contribution in [3.05, 3.63) is 34.9 Å². The first kappa shape index (κ1) is 14.3. The van der Waals surface area contributed by atoms with E-state index >= 15 is 0 Å². The summed E-state index contributed by atoms with van der Waals surface area (Å²) in [6.07, 6.45) is 0.979. The van der Waals surface area contributed by atoms with E-state index in [2.05, 4.69) is 4.90 Å². The fourth-order valence-corrected chi connectivity index (χ4v) is 2.58. The molecule has 0 aliphatic carbocycles. The molecule has 0 saturated carbocycles. The van der Waals surface area contributed by atoms with Gasteiger partial charge in [-0.15, -0.1) is 0 Å². The predicted molar refractivity (Wildman–Crippen MR) is 77.1 cm³/mol. The number of rotatable bonds is 3. The Balaban J connectivity index is 2.16. The van der Waals surface area contributed by atoms with Crippen LogP contribution < -0.4 is 5.73 Å². The second-order valence-electron chi connectivity index (χ2n) is 4.94. The van der Waals surface area contributed by atoms with Crippen LogP contribution in [0.5, 0.6) is 0 Å². The summed E-state index contributed by atoms with van der Waals surface area (Å²) < 4.78 is 0. The molecule has 1 fully saturated rings. The third-order valence-electron chi connectivity index (χ3n) is 3.62. The largest absolute Gasteiger partial charge is 0.345 e. The highest BCUT2D eigenvalue weighted by atomic mass is 35.5. The molecule has 5 heteroatoms. The van der Waals surface area contributed by atoms with Crippen LogP contribution >= 0.6 is 11.6 Å². The lowest BCUT2D eigenvalue weighted by Crippen LogP contribution is -2.39. The lowest BCUT2D eigenvalue weighted by atomic mass is 10.1. The summed E-state index contributed by atoms with van der Waals surface area (Å²) in [6, 6.07) is 7.78. The van der Waals surface area contributed by atoms with Gasteiger partial charge in [-0.05, 0) is 24.1 Å². The average molecular weight is 282 g/mol. The molecule has 104 valence electrons. The molecule has 0 spiro atoms. The van der Waals surface area contributed by atoms with Crippen molar-refractivity contribution in [2.75, 3.05) is 33.2 Å². The summed E-state index contributed by atoms with van der Waals surface area (Å²) >= 11 is 5.91. The monoisotopic (exact) mass is 281 g/mol. The van der Waals surface area contributed by atoms with Gasteiger partial charge in [0.05, 0.1) is 6.54 Å². The van der Waals surface area contributed by atoms with Crippen LogP contribution in [0.15, 0.2) is 24.3 Å². The number of carbonyl (C=O) groups excluding carboxylic acids is 1. The minimum Gasteiger partial charge on any atom is -0.345 e. The second kappa shape index (κ2) is 6.37. The third kappa shape index (κ3) is 3.47. The molecule has 1 atom stereocenters. The summed E-state index contributed by atoms with van der Waals surface area (Å²) in [5.41, 5.74) is 7.02. The van der Waals surface area contributed by atoms with Crippen LogP contribution in [-0.4, -0.2) is 48.9 Å². The molecule has 1 amide bonds. The molecular formula is C14H20ClN3O. The molecule has 2 rings (SSSR count). The maximum atomic E-state index is 12.0. The molecule has 4 nitrogen and oxygen atoms in total. The van der Waals surface area contributed by atoms with Crippen molar-refractivity contribution in [1.29, 1.82) is 0 Å². The maximum Gasteiger partial charge on any atom is 0.236 e. The van der Waals surface area contributed by atoms with E-state index in [9.17, 15) is 4.79 Å². The molecule has 0 bridgehead atoms. The highest BCUT2D eigenvalue weighted by molar-refractivity contribution is 6.30. The molecule has 1 aliphatic heterocycles. The van der Waals surface area contributed by atoms with E-state index in [4.69, 9.17) is 17.3 Å². The molecule has 2 N–H and O–H groups in total. The third-order valence-corrected chi connectivity index (χ3v) is 3.87. The van der Waals surface area contributed by atoms with Gasteiger partial charge in [0.15, 0.2) is 0 Å². The van der Waals surface area contributed by atoms with E-state index in [1.807, 2.05) is 31.3 Å². The SMILES string of the molecule is CN1CCCN(C(CN)c2ccc(Cl)cc2)CC1=O. The zero-order chi connectivity index (χ0) is 13.8. The van der Waals surface area contributed by atoms with Crippen molar-refractivity contribution >= 4 is 17.5 Å². The Labute approximate surface area is 119 Å². The second-order valence-corrected chi connectivity index (χ2v) is 5.38. The molecule has 1 heterocycles. The van der Waals surface area contributed by atoms with Gasteiger partial charge < -0.3 is 10.6 Å². The highest BCUT2D eigenvalue weighted by Crippen LogP contribution is 2.23. The first-order valence-electron chi connectivity index (χ1n) is 6.55. The minimum atomic E-state index is 0.0766. The fraction of sp³-hybridized carbons (Fsp3) is 0.500. The molecule has 1 aromatic carbocycles. The Morgan fingerprint density at radius 2 is 2.00 bits per heavy atom. The smallest absolute Gasteiger partial charge is 0.236 e. The Morgan fingerprint density at radius 1 is 1.32 bits per heavy atom. The quantitative estimate of drug-likeness (QED) is 0.914. The Bertz CT molecular complexity index is 435. The van der Waals surface area contributed by atoms with Crippen molar-refractivity contribution in [3.63, 3.8) is 0 Å². The Morgan fingerprint density at radius 3 is 2.63 bits per heavy atom. The van der Waals surface area contributed by atoms with Crippen LogP contribution in [0.1, 0.15) is 18.0 Å². The zero-order valence-electron chi connectivity index (χ0n) is 11.2. The molecule has 19 heavy (non-hydrogen) atoms. The number of benzene rings is 1. The van der Waals surface area contributed by atoms with Gasteiger partial charge in [-0.25, -0.2) is 0 Å².